The third-order valence-electron chi connectivity index (χ3n) is 3.16. The summed E-state index contributed by atoms with van der Waals surface area (Å²) in [4.78, 5) is 4.64. The second-order valence-corrected chi connectivity index (χ2v) is 4.37. The average molecular weight is 228 g/mol. The fourth-order valence-corrected chi connectivity index (χ4v) is 2.24. The van der Waals surface area contributed by atoms with Crippen LogP contribution in [0.25, 0.3) is 0 Å². The quantitative estimate of drug-likeness (QED) is 0.877. The van der Waals surface area contributed by atoms with Gasteiger partial charge in [0.1, 0.15) is 5.82 Å². The van der Waals surface area contributed by atoms with Crippen molar-refractivity contribution in [2.75, 3.05) is 5.32 Å². The minimum atomic E-state index is 0.888. The Labute approximate surface area is 101 Å². The Kier molecular flexibility index (Phi) is 2.55. The zero-order valence-electron chi connectivity index (χ0n) is 9.98. The molecular formula is C13H16N4. The first-order chi connectivity index (χ1) is 8.35. The van der Waals surface area contributed by atoms with Crippen molar-refractivity contribution in [2.45, 2.75) is 32.7 Å². The van der Waals surface area contributed by atoms with E-state index in [9.17, 15) is 0 Å². The predicted octanol–water partition coefficient (Wildman–Crippen LogP) is 2.53. The molecule has 0 saturated heterocycles. The highest BCUT2D eigenvalue weighted by Crippen LogP contribution is 2.23. The molecule has 0 aliphatic heterocycles. The van der Waals surface area contributed by atoms with Crippen LogP contribution in [0.1, 0.15) is 24.6 Å². The standard InChI is InChI=1S/C13H16N4/c1-2-17-9-11(8-14-17)15-13-7-6-10-4-3-5-12(10)16-13/h6-9H,2-5H2,1H3,(H,15,16). The lowest BCUT2D eigenvalue weighted by molar-refractivity contribution is 0.660. The molecule has 0 amide bonds. The van der Waals surface area contributed by atoms with Crippen molar-refractivity contribution in [3.05, 3.63) is 35.8 Å². The van der Waals surface area contributed by atoms with Crippen molar-refractivity contribution in [3.63, 3.8) is 0 Å². The highest BCUT2D eigenvalue weighted by molar-refractivity contribution is 5.54. The van der Waals surface area contributed by atoms with Crippen LogP contribution >= 0.6 is 0 Å². The normalized spacial score (nSPS) is 13.7. The molecule has 1 N–H and O–H groups in total. The van der Waals surface area contributed by atoms with Crippen LogP contribution in [0.3, 0.4) is 0 Å². The molecule has 2 heterocycles. The number of nitrogens with zero attached hydrogens (tertiary/aromatic N) is 3. The van der Waals surface area contributed by atoms with Gasteiger partial charge >= 0.3 is 0 Å². The van der Waals surface area contributed by atoms with Crippen LogP contribution in [-0.2, 0) is 19.4 Å². The summed E-state index contributed by atoms with van der Waals surface area (Å²) in [6, 6.07) is 4.23. The Morgan fingerprint density at radius 1 is 1.35 bits per heavy atom. The number of aromatic nitrogens is 3. The second kappa shape index (κ2) is 4.20. The van der Waals surface area contributed by atoms with Gasteiger partial charge in [-0.05, 0) is 37.8 Å². The molecule has 0 spiro atoms. The summed E-state index contributed by atoms with van der Waals surface area (Å²) in [6.45, 7) is 2.96. The van der Waals surface area contributed by atoms with Crippen molar-refractivity contribution in [2.24, 2.45) is 0 Å². The lowest BCUT2D eigenvalue weighted by Gasteiger charge is -2.04. The first kappa shape index (κ1) is 10.3. The van der Waals surface area contributed by atoms with Crippen LogP contribution in [0, 0.1) is 0 Å². The van der Waals surface area contributed by atoms with Gasteiger partial charge in [0.15, 0.2) is 0 Å². The maximum atomic E-state index is 4.64. The van der Waals surface area contributed by atoms with Gasteiger partial charge in [0.2, 0.25) is 0 Å². The summed E-state index contributed by atoms with van der Waals surface area (Å²) in [6.07, 6.45) is 7.35. The van der Waals surface area contributed by atoms with Gasteiger partial charge in [-0.1, -0.05) is 6.07 Å². The predicted molar refractivity (Wildman–Crippen MR) is 67.4 cm³/mol. The van der Waals surface area contributed by atoms with Crippen LogP contribution in [0.2, 0.25) is 0 Å². The van der Waals surface area contributed by atoms with E-state index in [-0.39, 0.29) is 0 Å². The average Bonchev–Trinajstić information content (AvgIpc) is 2.96. The minimum absolute atomic E-state index is 0.888. The molecule has 0 bridgehead atoms. The van der Waals surface area contributed by atoms with Gasteiger partial charge in [-0.25, -0.2) is 4.98 Å². The summed E-state index contributed by atoms with van der Waals surface area (Å²) >= 11 is 0. The number of fused-ring (bicyclic) bond motifs is 1. The Morgan fingerprint density at radius 3 is 3.12 bits per heavy atom. The molecule has 0 atom stereocenters. The van der Waals surface area contributed by atoms with Gasteiger partial charge in [-0.15, -0.1) is 0 Å². The maximum absolute atomic E-state index is 4.64. The number of aryl methyl sites for hydroxylation is 3. The van der Waals surface area contributed by atoms with E-state index in [2.05, 4.69) is 28.4 Å². The largest absolute Gasteiger partial charge is 0.338 e. The number of rotatable bonds is 3. The van der Waals surface area contributed by atoms with E-state index in [1.165, 1.54) is 24.1 Å². The van der Waals surface area contributed by atoms with Gasteiger partial charge in [0.05, 0.1) is 11.9 Å². The van der Waals surface area contributed by atoms with Gasteiger partial charge in [-0.3, -0.25) is 4.68 Å². The summed E-state index contributed by atoms with van der Waals surface area (Å²) < 4.78 is 1.90. The van der Waals surface area contributed by atoms with Crippen LogP contribution in [-0.4, -0.2) is 14.8 Å². The zero-order valence-corrected chi connectivity index (χ0v) is 9.98. The molecule has 4 nitrogen and oxygen atoms in total. The van der Waals surface area contributed by atoms with Gasteiger partial charge in [0.25, 0.3) is 0 Å². The molecule has 2 aromatic heterocycles. The van der Waals surface area contributed by atoms with E-state index >= 15 is 0 Å². The first-order valence-corrected chi connectivity index (χ1v) is 6.13. The first-order valence-electron chi connectivity index (χ1n) is 6.13. The second-order valence-electron chi connectivity index (χ2n) is 4.37. The molecule has 1 aliphatic rings. The van der Waals surface area contributed by atoms with Gasteiger partial charge in [-0.2, -0.15) is 5.10 Å². The number of anilines is 2. The van der Waals surface area contributed by atoms with Crippen molar-refractivity contribution < 1.29 is 0 Å². The SMILES string of the molecule is CCn1cc(Nc2ccc3c(n2)CCC3)cn1. The monoisotopic (exact) mass is 228 g/mol. The summed E-state index contributed by atoms with van der Waals surface area (Å²) in [7, 11) is 0. The lowest BCUT2D eigenvalue weighted by atomic mass is 10.2. The third kappa shape index (κ3) is 2.02. The van der Waals surface area contributed by atoms with E-state index in [0.29, 0.717) is 0 Å². The molecule has 3 rings (SSSR count). The fraction of sp³-hybridized carbons (Fsp3) is 0.385. The molecule has 17 heavy (non-hydrogen) atoms. The molecule has 4 heteroatoms. The Hall–Kier alpha value is -1.84. The molecule has 2 aromatic rings. The van der Waals surface area contributed by atoms with Crippen LogP contribution in [0.5, 0.6) is 0 Å². The Balaban J connectivity index is 1.80. The van der Waals surface area contributed by atoms with Crippen molar-refractivity contribution in [1.29, 1.82) is 0 Å². The van der Waals surface area contributed by atoms with E-state index in [1.54, 1.807) is 0 Å². The van der Waals surface area contributed by atoms with E-state index < -0.39 is 0 Å². The molecular weight excluding hydrogens is 212 g/mol. The lowest BCUT2D eigenvalue weighted by Crippen LogP contribution is -1.96. The summed E-state index contributed by atoms with van der Waals surface area (Å²) in [5.41, 5.74) is 3.65. The molecule has 0 aromatic carbocycles. The molecule has 1 aliphatic carbocycles. The maximum Gasteiger partial charge on any atom is 0.130 e. The van der Waals surface area contributed by atoms with Crippen LogP contribution < -0.4 is 5.32 Å². The van der Waals surface area contributed by atoms with Crippen molar-refractivity contribution in [3.8, 4) is 0 Å². The Bertz CT molecular complexity index is 530. The van der Waals surface area contributed by atoms with Crippen LogP contribution in [0.4, 0.5) is 11.5 Å². The highest BCUT2D eigenvalue weighted by Gasteiger charge is 2.12. The number of nitrogens with one attached hydrogen (secondary N) is 1. The smallest absolute Gasteiger partial charge is 0.130 e. The molecule has 0 saturated carbocycles. The molecule has 0 radical (unpaired) electrons. The van der Waals surface area contributed by atoms with Crippen molar-refractivity contribution in [1.82, 2.24) is 14.8 Å². The number of hydrogen-bond donors (Lipinski definition) is 1. The molecule has 0 fully saturated rings. The molecule has 88 valence electrons. The van der Waals surface area contributed by atoms with E-state index in [1.807, 2.05) is 23.1 Å². The van der Waals surface area contributed by atoms with Gasteiger partial charge < -0.3 is 5.32 Å². The molecule has 0 unspecified atom stereocenters. The summed E-state index contributed by atoms with van der Waals surface area (Å²) in [5, 5.41) is 7.52. The fourth-order valence-electron chi connectivity index (χ4n) is 2.24. The minimum Gasteiger partial charge on any atom is -0.338 e. The summed E-state index contributed by atoms with van der Waals surface area (Å²) in [5.74, 6) is 0.918. The topological polar surface area (TPSA) is 42.7 Å². The number of pyridine rings is 1. The van der Waals surface area contributed by atoms with Crippen molar-refractivity contribution >= 4 is 11.5 Å². The Morgan fingerprint density at radius 2 is 2.29 bits per heavy atom. The highest BCUT2D eigenvalue weighted by atomic mass is 15.3. The van der Waals surface area contributed by atoms with Gasteiger partial charge in [0, 0.05) is 18.4 Å². The van der Waals surface area contributed by atoms with Crippen LogP contribution in [0.15, 0.2) is 24.5 Å². The van der Waals surface area contributed by atoms with E-state index in [0.717, 1.165) is 24.5 Å². The number of hydrogen-bond acceptors (Lipinski definition) is 3. The zero-order chi connectivity index (χ0) is 11.7. The van der Waals surface area contributed by atoms with E-state index in [4.69, 9.17) is 0 Å². The third-order valence-corrected chi connectivity index (χ3v) is 3.16.